The van der Waals surface area contributed by atoms with Gasteiger partial charge >= 0.3 is 0 Å². The number of hydrogen-bond acceptors (Lipinski definition) is 3. The van der Waals surface area contributed by atoms with Crippen LogP contribution < -0.4 is 0 Å². The highest BCUT2D eigenvalue weighted by atomic mass is 16.2. The quantitative estimate of drug-likeness (QED) is 0.861. The van der Waals surface area contributed by atoms with E-state index in [4.69, 9.17) is 0 Å². The number of rotatable bonds is 5. The molecule has 28 heavy (non-hydrogen) atoms. The molecular weight excluding hydrogens is 352 g/mol. The zero-order valence-corrected chi connectivity index (χ0v) is 17.3. The standard InChI is InChI=1S/C22H30N4O2/c1-5-17(6-2)21(27)25-9-11-26(12-10-25)22(28)20-14-19(23-24-20)18-8-7-15(3)13-16(18)4/h7-8,13-14,17H,5-6,9-12H2,1-4H3,(H,23,24). The van der Waals surface area contributed by atoms with Crippen LogP contribution in [0.2, 0.25) is 0 Å². The van der Waals surface area contributed by atoms with Gasteiger partial charge < -0.3 is 9.80 Å². The highest BCUT2D eigenvalue weighted by Crippen LogP contribution is 2.23. The number of carbonyl (C=O) groups excluding carboxylic acids is 2. The van der Waals surface area contributed by atoms with Gasteiger partial charge in [0.15, 0.2) is 0 Å². The van der Waals surface area contributed by atoms with Crippen LogP contribution in [0.15, 0.2) is 24.3 Å². The largest absolute Gasteiger partial charge is 0.339 e. The molecule has 0 bridgehead atoms. The van der Waals surface area contributed by atoms with Gasteiger partial charge in [0.05, 0.1) is 5.69 Å². The summed E-state index contributed by atoms with van der Waals surface area (Å²) in [5.74, 6) is 0.254. The molecular formula is C22H30N4O2. The molecule has 0 radical (unpaired) electrons. The van der Waals surface area contributed by atoms with E-state index in [2.05, 4.69) is 50.0 Å². The van der Waals surface area contributed by atoms with Gasteiger partial charge in [-0.25, -0.2) is 0 Å². The second-order valence-electron chi connectivity index (χ2n) is 7.62. The van der Waals surface area contributed by atoms with Crippen molar-refractivity contribution in [3.63, 3.8) is 0 Å². The molecule has 1 N–H and O–H groups in total. The van der Waals surface area contributed by atoms with E-state index in [9.17, 15) is 9.59 Å². The molecule has 1 aliphatic heterocycles. The van der Waals surface area contributed by atoms with Gasteiger partial charge in [0.2, 0.25) is 5.91 Å². The summed E-state index contributed by atoms with van der Waals surface area (Å²) in [4.78, 5) is 29.1. The number of carbonyl (C=O) groups is 2. The van der Waals surface area contributed by atoms with Crippen molar-refractivity contribution in [1.29, 1.82) is 0 Å². The van der Waals surface area contributed by atoms with Crippen LogP contribution in [0.3, 0.4) is 0 Å². The fraction of sp³-hybridized carbons (Fsp3) is 0.500. The topological polar surface area (TPSA) is 69.3 Å². The minimum absolute atomic E-state index is 0.0573. The average molecular weight is 383 g/mol. The maximum atomic E-state index is 12.9. The number of amides is 2. The van der Waals surface area contributed by atoms with Crippen LogP contribution in [-0.4, -0.2) is 58.0 Å². The Morgan fingerprint density at radius 3 is 2.29 bits per heavy atom. The monoisotopic (exact) mass is 382 g/mol. The maximum absolute atomic E-state index is 12.9. The van der Waals surface area contributed by atoms with Gasteiger partial charge in [-0.15, -0.1) is 0 Å². The van der Waals surface area contributed by atoms with Gasteiger partial charge in [-0.05, 0) is 38.3 Å². The molecule has 1 fully saturated rings. The SMILES string of the molecule is CCC(CC)C(=O)N1CCN(C(=O)c2cc(-c3ccc(C)cc3C)n[nH]2)CC1. The van der Waals surface area contributed by atoms with E-state index in [1.54, 1.807) is 4.90 Å². The van der Waals surface area contributed by atoms with Crippen molar-refractivity contribution in [3.05, 3.63) is 41.1 Å². The smallest absolute Gasteiger partial charge is 0.272 e. The predicted molar refractivity (Wildman–Crippen MR) is 110 cm³/mol. The normalized spacial score (nSPS) is 14.6. The second kappa shape index (κ2) is 8.59. The highest BCUT2D eigenvalue weighted by molar-refractivity contribution is 5.93. The van der Waals surface area contributed by atoms with Crippen molar-refractivity contribution in [2.75, 3.05) is 26.2 Å². The van der Waals surface area contributed by atoms with E-state index < -0.39 is 0 Å². The number of benzene rings is 1. The summed E-state index contributed by atoms with van der Waals surface area (Å²) in [7, 11) is 0. The lowest BCUT2D eigenvalue weighted by Crippen LogP contribution is -2.52. The molecule has 6 heteroatoms. The number of nitrogens with zero attached hydrogens (tertiary/aromatic N) is 3. The van der Waals surface area contributed by atoms with E-state index in [1.807, 2.05) is 17.0 Å². The Bertz CT molecular complexity index is 846. The molecule has 1 aromatic heterocycles. The maximum Gasteiger partial charge on any atom is 0.272 e. The highest BCUT2D eigenvalue weighted by Gasteiger charge is 2.28. The lowest BCUT2D eigenvalue weighted by Gasteiger charge is -2.36. The molecule has 150 valence electrons. The summed E-state index contributed by atoms with van der Waals surface area (Å²) >= 11 is 0. The van der Waals surface area contributed by atoms with E-state index >= 15 is 0 Å². The number of aromatic amines is 1. The van der Waals surface area contributed by atoms with Gasteiger partial charge in [0, 0.05) is 37.7 Å². The summed E-state index contributed by atoms with van der Waals surface area (Å²) in [6.45, 7) is 10.5. The predicted octanol–water partition coefficient (Wildman–Crippen LogP) is 3.41. The Hall–Kier alpha value is -2.63. The Labute approximate surface area is 166 Å². The molecule has 0 atom stereocenters. The van der Waals surface area contributed by atoms with Crippen molar-refractivity contribution in [2.24, 2.45) is 5.92 Å². The number of hydrogen-bond donors (Lipinski definition) is 1. The third kappa shape index (κ3) is 4.11. The zero-order valence-electron chi connectivity index (χ0n) is 17.3. The van der Waals surface area contributed by atoms with Gasteiger partial charge in [-0.2, -0.15) is 5.10 Å². The molecule has 1 saturated heterocycles. The van der Waals surface area contributed by atoms with Crippen LogP contribution in [-0.2, 0) is 4.79 Å². The number of aromatic nitrogens is 2. The van der Waals surface area contributed by atoms with Crippen LogP contribution in [0.1, 0.15) is 48.3 Å². The molecule has 2 amide bonds. The Morgan fingerprint density at radius 1 is 1.04 bits per heavy atom. The van der Waals surface area contributed by atoms with Crippen molar-refractivity contribution >= 4 is 11.8 Å². The Balaban J connectivity index is 1.65. The molecule has 3 rings (SSSR count). The van der Waals surface area contributed by atoms with E-state index in [0.29, 0.717) is 31.9 Å². The van der Waals surface area contributed by atoms with Crippen LogP contribution in [0.5, 0.6) is 0 Å². The van der Waals surface area contributed by atoms with E-state index in [-0.39, 0.29) is 17.7 Å². The first-order valence-electron chi connectivity index (χ1n) is 10.2. The fourth-order valence-electron chi connectivity index (χ4n) is 3.87. The summed E-state index contributed by atoms with van der Waals surface area (Å²) in [6.07, 6.45) is 1.73. The number of piperazine rings is 1. The van der Waals surface area contributed by atoms with Crippen LogP contribution in [0, 0.1) is 19.8 Å². The molecule has 1 aliphatic rings. The van der Waals surface area contributed by atoms with Gasteiger partial charge in [0.25, 0.3) is 5.91 Å². The molecule has 2 heterocycles. The first kappa shape index (κ1) is 20.1. The molecule has 0 aliphatic carbocycles. The van der Waals surface area contributed by atoms with Gasteiger partial charge in [0.1, 0.15) is 5.69 Å². The molecule has 2 aromatic rings. The van der Waals surface area contributed by atoms with Crippen molar-refractivity contribution in [3.8, 4) is 11.3 Å². The zero-order chi connectivity index (χ0) is 20.3. The van der Waals surface area contributed by atoms with Gasteiger partial charge in [-0.3, -0.25) is 14.7 Å². The third-order valence-electron chi connectivity index (χ3n) is 5.68. The van der Waals surface area contributed by atoms with Crippen molar-refractivity contribution < 1.29 is 9.59 Å². The van der Waals surface area contributed by atoms with E-state index in [0.717, 1.165) is 29.7 Å². The third-order valence-corrected chi connectivity index (χ3v) is 5.68. The summed E-state index contributed by atoms with van der Waals surface area (Å²) in [5.41, 5.74) is 4.65. The summed E-state index contributed by atoms with van der Waals surface area (Å²) in [5, 5.41) is 7.24. The Morgan fingerprint density at radius 2 is 1.68 bits per heavy atom. The van der Waals surface area contributed by atoms with Crippen LogP contribution in [0.25, 0.3) is 11.3 Å². The van der Waals surface area contributed by atoms with Crippen LogP contribution in [0.4, 0.5) is 0 Å². The molecule has 6 nitrogen and oxygen atoms in total. The van der Waals surface area contributed by atoms with Crippen molar-refractivity contribution in [1.82, 2.24) is 20.0 Å². The second-order valence-corrected chi connectivity index (χ2v) is 7.62. The number of H-pyrrole nitrogens is 1. The summed E-state index contributed by atoms with van der Waals surface area (Å²) < 4.78 is 0. The minimum atomic E-state index is -0.0573. The van der Waals surface area contributed by atoms with Gasteiger partial charge in [-0.1, -0.05) is 37.6 Å². The number of nitrogens with one attached hydrogen (secondary N) is 1. The first-order chi connectivity index (χ1) is 13.4. The van der Waals surface area contributed by atoms with Crippen molar-refractivity contribution in [2.45, 2.75) is 40.5 Å². The molecule has 0 saturated carbocycles. The average Bonchev–Trinajstić information content (AvgIpc) is 3.18. The Kier molecular flexibility index (Phi) is 6.17. The molecule has 1 aromatic carbocycles. The minimum Gasteiger partial charge on any atom is -0.339 e. The molecule has 0 unspecified atom stereocenters. The molecule has 0 spiro atoms. The fourth-order valence-corrected chi connectivity index (χ4v) is 3.87. The lowest BCUT2D eigenvalue weighted by atomic mass is 10.0. The summed E-state index contributed by atoms with van der Waals surface area (Å²) in [6, 6.07) is 8.02. The van der Waals surface area contributed by atoms with E-state index in [1.165, 1.54) is 5.56 Å². The first-order valence-corrected chi connectivity index (χ1v) is 10.2. The van der Waals surface area contributed by atoms with Crippen LogP contribution >= 0.6 is 0 Å². The lowest BCUT2D eigenvalue weighted by molar-refractivity contribution is -0.137. The number of aryl methyl sites for hydroxylation is 2.